The van der Waals surface area contributed by atoms with Gasteiger partial charge in [0.15, 0.2) is 0 Å². The second-order valence-corrected chi connectivity index (χ2v) is 6.93. The van der Waals surface area contributed by atoms with E-state index in [9.17, 15) is 9.59 Å². The average Bonchev–Trinajstić information content (AvgIpc) is 3.03. The van der Waals surface area contributed by atoms with E-state index in [1.165, 1.54) is 0 Å². The quantitative estimate of drug-likeness (QED) is 0.907. The number of hydrogen-bond acceptors (Lipinski definition) is 2. The molecule has 0 spiro atoms. The van der Waals surface area contributed by atoms with Crippen LogP contribution in [0.2, 0.25) is 0 Å². The van der Waals surface area contributed by atoms with E-state index in [-0.39, 0.29) is 17.7 Å². The van der Waals surface area contributed by atoms with E-state index in [4.69, 9.17) is 0 Å². The number of benzene rings is 1. The van der Waals surface area contributed by atoms with Crippen molar-refractivity contribution >= 4 is 22.7 Å². The third kappa shape index (κ3) is 3.61. The van der Waals surface area contributed by atoms with Crippen molar-refractivity contribution in [2.75, 3.05) is 19.6 Å². The molecule has 5 nitrogen and oxygen atoms in total. The number of fused-ring (bicyclic) bond motifs is 1. The van der Waals surface area contributed by atoms with Crippen molar-refractivity contribution in [3.05, 3.63) is 36.0 Å². The zero-order valence-electron chi connectivity index (χ0n) is 14.3. The van der Waals surface area contributed by atoms with Crippen LogP contribution in [-0.4, -0.2) is 41.3 Å². The zero-order valence-corrected chi connectivity index (χ0v) is 14.3. The first kappa shape index (κ1) is 16.6. The van der Waals surface area contributed by atoms with Crippen LogP contribution < -0.4 is 5.32 Å². The minimum atomic E-state index is -0.00215. The van der Waals surface area contributed by atoms with Gasteiger partial charge in [-0.1, -0.05) is 32.0 Å². The van der Waals surface area contributed by atoms with E-state index in [0.717, 1.165) is 30.3 Å². The standard InChI is InChI=1S/C19H25N3O2/c1-13(2)18(23)20-11-14-6-5-9-22(12-14)19(24)17-10-15-7-3-4-8-16(15)21-17/h3-4,7-8,10,13-14,21H,5-6,9,11-12H2,1-2H3,(H,20,23). The van der Waals surface area contributed by atoms with E-state index in [1.807, 2.05) is 49.1 Å². The molecule has 3 rings (SSSR count). The Morgan fingerprint density at radius 2 is 2.12 bits per heavy atom. The molecule has 1 aliphatic heterocycles. The van der Waals surface area contributed by atoms with Gasteiger partial charge in [-0.05, 0) is 30.9 Å². The number of aromatic amines is 1. The van der Waals surface area contributed by atoms with Crippen LogP contribution in [0.4, 0.5) is 0 Å². The zero-order chi connectivity index (χ0) is 17.1. The van der Waals surface area contributed by atoms with Crippen molar-refractivity contribution in [1.82, 2.24) is 15.2 Å². The summed E-state index contributed by atoms with van der Waals surface area (Å²) >= 11 is 0. The average molecular weight is 327 g/mol. The van der Waals surface area contributed by atoms with Gasteiger partial charge in [0.25, 0.3) is 5.91 Å². The second-order valence-electron chi connectivity index (χ2n) is 6.93. The molecule has 2 aromatic rings. The topological polar surface area (TPSA) is 65.2 Å². The Hall–Kier alpha value is -2.30. The summed E-state index contributed by atoms with van der Waals surface area (Å²) in [5.41, 5.74) is 1.63. The number of likely N-dealkylation sites (tertiary alicyclic amines) is 1. The van der Waals surface area contributed by atoms with Crippen molar-refractivity contribution in [3.8, 4) is 0 Å². The predicted molar refractivity (Wildman–Crippen MR) is 94.8 cm³/mol. The maximum absolute atomic E-state index is 12.8. The van der Waals surface area contributed by atoms with E-state index < -0.39 is 0 Å². The first-order chi connectivity index (χ1) is 11.5. The fourth-order valence-electron chi connectivity index (χ4n) is 3.22. The summed E-state index contributed by atoms with van der Waals surface area (Å²) < 4.78 is 0. The monoisotopic (exact) mass is 327 g/mol. The molecule has 1 atom stereocenters. The molecule has 5 heteroatoms. The fraction of sp³-hybridized carbons (Fsp3) is 0.474. The fourth-order valence-corrected chi connectivity index (χ4v) is 3.22. The van der Waals surface area contributed by atoms with Crippen LogP contribution in [-0.2, 0) is 4.79 Å². The highest BCUT2D eigenvalue weighted by Crippen LogP contribution is 2.20. The number of H-pyrrole nitrogens is 1. The number of piperidine rings is 1. The number of hydrogen-bond donors (Lipinski definition) is 2. The molecule has 2 N–H and O–H groups in total. The number of nitrogens with one attached hydrogen (secondary N) is 2. The summed E-state index contributed by atoms with van der Waals surface area (Å²) in [5, 5.41) is 4.04. The summed E-state index contributed by atoms with van der Waals surface area (Å²) in [5.74, 6) is 0.451. The molecule has 2 amide bonds. The normalized spacial score (nSPS) is 18.1. The molecule has 1 saturated heterocycles. The molecule has 1 unspecified atom stereocenters. The van der Waals surface area contributed by atoms with Gasteiger partial charge in [0.05, 0.1) is 0 Å². The third-order valence-electron chi connectivity index (χ3n) is 4.66. The van der Waals surface area contributed by atoms with E-state index in [1.54, 1.807) is 0 Å². The highest BCUT2D eigenvalue weighted by atomic mass is 16.2. The number of nitrogens with zero attached hydrogens (tertiary/aromatic N) is 1. The summed E-state index contributed by atoms with van der Waals surface area (Å²) in [4.78, 5) is 29.6. The number of para-hydroxylation sites is 1. The van der Waals surface area contributed by atoms with Crippen molar-refractivity contribution < 1.29 is 9.59 Å². The van der Waals surface area contributed by atoms with Crippen LogP contribution in [0.15, 0.2) is 30.3 Å². The molecule has 1 fully saturated rings. The molecule has 128 valence electrons. The number of aromatic nitrogens is 1. The Kier molecular flexibility index (Phi) is 4.88. The molecule has 24 heavy (non-hydrogen) atoms. The van der Waals surface area contributed by atoms with Gasteiger partial charge in [0, 0.05) is 36.5 Å². The molecule has 1 aliphatic rings. The molecule has 0 radical (unpaired) electrons. The van der Waals surface area contributed by atoms with Crippen molar-refractivity contribution in [2.45, 2.75) is 26.7 Å². The van der Waals surface area contributed by atoms with Crippen molar-refractivity contribution in [1.29, 1.82) is 0 Å². The molecule has 0 bridgehead atoms. The molecule has 0 aliphatic carbocycles. The van der Waals surface area contributed by atoms with Gasteiger partial charge >= 0.3 is 0 Å². The Balaban J connectivity index is 1.63. The Morgan fingerprint density at radius 3 is 2.88 bits per heavy atom. The van der Waals surface area contributed by atoms with Gasteiger partial charge in [-0.3, -0.25) is 9.59 Å². The predicted octanol–water partition coefficient (Wildman–Crippen LogP) is 2.79. The summed E-state index contributed by atoms with van der Waals surface area (Å²) in [6.07, 6.45) is 2.03. The van der Waals surface area contributed by atoms with Crippen molar-refractivity contribution in [3.63, 3.8) is 0 Å². The second kappa shape index (κ2) is 7.07. The van der Waals surface area contributed by atoms with Crippen LogP contribution in [0.1, 0.15) is 37.2 Å². The van der Waals surface area contributed by atoms with Gasteiger partial charge in [-0.2, -0.15) is 0 Å². The van der Waals surface area contributed by atoms with Gasteiger partial charge in [-0.15, -0.1) is 0 Å². The highest BCUT2D eigenvalue weighted by molar-refractivity contribution is 5.98. The lowest BCUT2D eigenvalue weighted by Gasteiger charge is -2.32. The third-order valence-corrected chi connectivity index (χ3v) is 4.66. The van der Waals surface area contributed by atoms with E-state index in [0.29, 0.717) is 24.7 Å². The minimum Gasteiger partial charge on any atom is -0.356 e. The van der Waals surface area contributed by atoms with Crippen LogP contribution in [0.5, 0.6) is 0 Å². The molecule has 0 saturated carbocycles. The lowest BCUT2D eigenvalue weighted by atomic mass is 9.97. The highest BCUT2D eigenvalue weighted by Gasteiger charge is 2.25. The summed E-state index contributed by atoms with van der Waals surface area (Å²) in [6.45, 7) is 5.91. The molecule has 2 heterocycles. The maximum atomic E-state index is 12.8. The van der Waals surface area contributed by atoms with Gasteiger partial charge < -0.3 is 15.2 Å². The molecular formula is C19H25N3O2. The van der Waals surface area contributed by atoms with Crippen molar-refractivity contribution in [2.24, 2.45) is 11.8 Å². The largest absolute Gasteiger partial charge is 0.356 e. The number of carbonyl (C=O) groups is 2. The van der Waals surface area contributed by atoms with Gasteiger partial charge in [0.2, 0.25) is 5.91 Å². The van der Waals surface area contributed by atoms with Crippen LogP contribution in [0.3, 0.4) is 0 Å². The first-order valence-electron chi connectivity index (χ1n) is 8.69. The van der Waals surface area contributed by atoms with Gasteiger partial charge in [-0.25, -0.2) is 0 Å². The molecule has 1 aromatic carbocycles. The van der Waals surface area contributed by atoms with E-state index >= 15 is 0 Å². The smallest absolute Gasteiger partial charge is 0.270 e. The minimum absolute atomic E-state index is 0.00215. The Morgan fingerprint density at radius 1 is 1.33 bits per heavy atom. The number of rotatable bonds is 4. The van der Waals surface area contributed by atoms with Gasteiger partial charge in [0.1, 0.15) is 5.69 Å². The SMILES string of the molecule is CC(C)C(=O)NCC1CCCN(C(=O)c2cc3ccccc3[nH]2)C1. The number of carbonyl (C=O) groups excluding carboxylic acids is 2. The summed E-state index contributed by atoms with van der Waals surface area (Å²) in [7, 11) is 0. The lowest BCUT2D eigenvalue weighted by Crippen LogP contribution is -2.44. The summed E-state index contributed by atoms with van der Waals surface area (Å²) in [6, 6.07) is 9.83. The lowest BCUT2D eigenvalue weighted by molar-refractivity contribution is -0.124. The molecule has 1 aromatic heterocycles. The maximum Gasteiger partial charge on any atom is 0.270 e. The van der Waals surface area contributed by atoms with Crippen LogP contribution in [0, 0.1) is 11.8 Å². The van der Waals surface area contributed by atoms with Crippen LogP contribution >= 0.6 is 0 Å². The number of amides is 2. The first-order valence-corrected chi connectivity index (χ1v) is 8.69. The Bertz CT molecular complexity index is 702. The molecular weight excluding hydrogens is 302 g/mol. The van der Waals surface area contributed by atoms with E-state index in [2.05, 4.69) is 10.3 Å². The van der Waals surface area contributed by atoms with Crippen LogP contribution in [0.25, 0.3) is 10.9 Å². The Labute approximate surface area is 142 Å².